The summed E-state index contributed by atoms with van der Waals surface area (Å²) in [6.45, 7) is 15.4. The first-order valence-electron chi connectivity index (χ1n) is 14.9. The summed E-state index contributed by atoms with van der Waals surface area (Å²) in [5.74, 6) is -0.835. The molecule has 0 aliphatic rings. The number of carbonyl (C=O) groups is 1. The van der Waals surface area contributed by atoms with Crippen LogP contribution in [0.4, 0.5) is 0 Å². The smallest absolute Gasteiger partial charge is 0.335 e. The molecule has 0 aromatic heterocycles. The summed E-state index contributed by atoms with van der Waals surface area (Å²) >= 11 is 0. The molecular weight excluding hydrogens is 492 g/mol. The Kier molecular flexibility index (Phi) is 17.4. The summed E-state index contributed by atoms with van der Waals surface area (Å²) < 4.78 is 0. The minimum absolute atomic E-state index is 0.142. The number of rotatable bonds is 18. The molecule has 3 nitrogen and oxygen atoms in total. The predicted octanol–water partition coefficient (Wildman–Crippen LogP) is 11.2. The molecule has 0 heterocycles. The van der Waals surface area contributed by atoms with Crippen molar-refractivity contribution in [1.29, 1.82) is 0 Å². The number of carboxylic acids is 1. The molecule has 220 valence electrons. The van der Waals surface area contributed by atoms with Crippen molar-refractivity contribution in [3.63, 3.8) is 0 Å². The molecule has 1 aromatic carbocycles. The predicted molar refractivity (Wildman–Crippen MR) is 173 cm³/mol. The number of phenols is 1. The topological polar surface area (TPSA) is 57.5 Å². The van der Waals surface area contributed by atoms with Crippen LogP contribution in [0.2, 0.25) is 0 Å². The maximum atomic E-state index is 11.2. The molecule has 0 atom stereocenters. The highest BCUT2D eigenvalue weighted by molar-refractivity contribution is 5.88. The van der Waals surface area contributed by atoms with Crippen LogP contribution in [0.5, 0.6) is 5.75 Å². The molecule has 0 saturated heterocycles. The van der Waals surface area contributed by atoms with Crippen LogP contribution in [0.25, 0.3) is 0 Å². The van der Waals surface area contributed by atoms with Crippen molar-refractivity contribution in [3.8, 4) is 5.75 Å². The maximum absolute atomic E-state index is 11.2. The van der Waals surface area contributed by atoms with Crippen LogP contribution in [-0.2, 0) is 6.42 Å². The highest BCUT2D eigenvalue weighted by Gasteiger charge is 2.07. The molecule has 0 unspecified atom stereocenters. The van der Waals surface area contributed by atoms with Crippen LogP contribution >= 0.6 is 0 Å². The van der Waals surface area contributed by atoms with Gasteiger partial charge in [-0.2, -0.15) is 0 Å². The van der Waals surface area contributed by atoms with Crippen molar-refractivity contribution >= 4 is 5.97 Å². The van der Waals surface area contributed by atoms with Crippen molar-refractivity contribution in [1.82, 2.24) is 0 Å². The Labute approximate surface area is 244 Å². The van der Waals surface area contributed by atoms with Gasteiger partial charge in [0.1, 0.15) is 5.75 Å². The lowest BCUT2D eigenvalue weighted by molar-refractivity contribution is 0.0696. The van der Waals surface area contributed by atoms with E-state index in [0.717, 1.165) is 57.8 Å². The molecule has 40 heavy (non-hydrogen) atoms. The molecule has 1 rings (SSSR count). The first-order chi connectivity index (χ1) is 19.0. The molecule has 0 saturated carbocycles. The Morgan fingerprint density at radius 3 is 1.35 bits per heavy atom. The fourth-order valence-corrected chi connectivity index (χ4v) is 4.45. The maximum Gasteiger partial charge on any atom is 0.335 e. The Morgan fingerprint density at radius 1 is 0.600 bits per heavy atom. The van der Waals surface area contributed by atoms with Crippen LogP contribution < -0.4 is 0 Å². The third-order valence-electron chi connectivity index (χ3n) is 7.21. The van der Waals surface area contributed by atoms with Gasteiger partial charge in [0, 0.05) is 0 Å². The number of carboxylic acid groups (broad SMARTS) is 1. The van der Waals surface area contributed by atoms with Crippen molar-refractivity contribution in [2.24, 2.45) is 0 Å². The zero-order valence-electron chi connectivity index (χ0n) is 26.3. The lowest BCUT2D eigenvalue weighted by Gasteiger charge is -2.05. The molecule has 0 aliphatic carbocycles. The average Bonchev–Trinajstić information content (AvgIpc) is 2.87. The quantitative estimate of drug-likeness (QED) is 0.180. The first-order valence-corrected chi connectivity index (χ1v) is 14.9. The Morgan fingerprint density at radius 2 is 0.975 bits per heavy atom. The summed E-state index contributed by atoms with van der Waals surface area (Å²) in [5, 5.41) is 19.2. The van der Waals surface area contributed by atoms with E-state index in [2.05, 4.69) is 84.9 Å². The van der Waals surface area contributed by atoms with E-state index < -0.39 is 5.97 Å². The molecular formula is C37H54O3. The summed E-state index contributed by atoms with van der Waals surface area (Å²) in [6, 6.07) is 4.43. The van der Waals surface area contributed by atoms with Crippen molar-refractivity contribution in [3.05, 3.63) is 99.2 Å². The van der Waals surface area contributed by atoms with Gasteiger partial charge in [0.25, 0.3) is 0 Å². The van der Waals surface area contributed by atoms with Gasteiger partial charge in [0.15, 0.2) is 0 Å². The van der Waals surface area contributed by atoms with Crippen molar-refractivity contribution < 1.29 is 15.0 Å². The zero-order chi connectivity index (χ0) is 29.9. The zero-order valence-corrected chi connectivity index (χ0v) is 26.3. The number of allylic oxidation sites excluding steroid dienone is 12. The van der Waals surface area contributed by atoms with E-state index in [4.69, 9.17) is 5.11 Å². The van der Waals surface area contributed by atoms with Gasteiger partial charge in [-0.1, -0.05) is 69.9 Å². The highest BCUT2D eigenvalue weighted by Crippen LogP contribution is 2.21. The number of phenolic OH excluding ortho intramolecular Hbond substituents is 1. The summed E-state index contributed by atoms with van der Waals surface area (Å²) in [6.07, 6.45) is 25.5. The Bertz CT molecular complexity index is 1120. The Hall–Kier alpha value is -3.07. The van der Waals surface area contributed by atoms with E-state index in [1.807, 2.05) is 0 Å². The summed E-state index contributed by atoms with van der Waals surface area (Å²) in [4.78, 5) is 11.2. The first kappa shape index (κ1) is 35.0. The van der Waals surface area contributed by atoms with Gasteiger partial charge in [0.05, 0.1) is 5.56 Å². The molecule has 0 fully saturated rings. The van der Waals surface area contributed by atoms with Gasteiger partial charge < -0.3 is 10.2 Å². The summed E-state index contributed by atoms with van der Waals surface area (Å²) in [7, 11) is 0. The van der Waals surface area contributed by atoms with Gasteiger partial charge in [-0.05, 0) is 143 Å². The minimum Gasteiger partial charge on any atom is -0.508 e. The molecule has 0 spiro atoms. The highest BCUT2D eigenvalue weighted by atomic mass is 16.4. The minimum atomic E-state index is -0.977. The van der Waals surface area contributed by atoms with Crippen LogP contribution in [0.15, 0.2) is 88.1 Å². The van der Waals surface area contributed by atoms with E-state index in [9.17, 15) is 9.90 Å². The van der Waals surface area contributed by atoms with Gasteiger partial charge in [-0.25, -0.2) is 4.79 Å². The molecule has 0 radical (unpaired) electrons. The normalized spacial score (nSPS) is 13.5. The number of hydrogen-bond acceptors (Lipinski definition) is 2. The van der Waals surface area contributed by atoms with Crippen molar-refractivity contribution in [2.45, 2.75) is 119 Å². The lowest BCUT2D eigenvalue weighted by Crippen LogP contribution is -1.97. The molecule has 0 bridgehead atoms. The van der Waals surface area contributed by atoms with E-state index >= 15 is 0 Å². The Balaban J connectivity index is 2.33. The van der Waals surface area contributed by atoms with Gasteiger partial charge >= 0.3 is 5.97 Å². The van der Waals surface area contributed by atoms with E-state index in [1.54, 1.807) is 6.07 Å². The second-order valence-corrected chi connectivity index (χ2v) is 11.6. The number of aromatic hydroxyl groups is 1. The van der Waals surface area contributed by atoms with Crippen LogP contribution in [0.1, 0.15) is 129 Å². The van der Waals surface area contributed by atoms with Crippen LogP contribution in [-0.4, -0.2) is 16.2 Å². The number of hydrogen-bond donors (Lipinski definition) is 2. The summed E-state index contributed by atoms with van der Waals surface area (Å²) in [5.41, 5.74) is 9.39. The average molecular weight is 547 g/mol. The SMILES string of the molecule is CC(C)=CCC/C(C)=C/CC/C(C)=C/CC/C(C)=C/CC/C(C)=C/CC/C(C)=C/Cc1cc(C(=O)O)ccc1O. The molecule has 1 aromatic rings. The number of aromatic carboxylic acids is 1. The van der Waals surface area contributed by atoms with Gasteiger partial charge in [-0.15, -0.1) is 0 Å². The standard InChI is InChI=1S/C37H54O3/c1-28(2)13-8-14-29(3)15-9-16-30(4)17-10-18-31(5)19-11-20-32(6)21-12-22-33(7)23-24-34-27-35(37(39)40)25-26-36(34)38/h13,15,17,19,21,23,25-27,38H,8-12,14,16,18,20,22,24H2,1-7H3,(H,39,40)/b29-15+,30-17+,31-19+,32-21+,33-23+. The molecule has 3 heteroatoms. The molecule has 2 N–H and O–H groups in total. The van der Waals surface area contributed by atoms with E-state index in [-0.39, 0.29) is 11.3 Å². The monoisotopic (exact) mass is 546 g/mol. The number of benzene rings is 1. The second-order valence-electron chi connectivity index (χ2n) is 11.6. The van der Waals surface area contributed by atoms with Crippen LogP contribution in [0, 0.1) is 0 Å². The fourth-order valence-electron chi connectivity index (χ4n) is 4.45. The van der Waals surface area contributed by atoms with Gasteiger partial charge in [-0.3, -0.25) is 0 Å². The molecule has 0 aliphatic heterocycles. The second kappa shape index (κ2) is 19.9. The fraction of sp³-hybridized carbons (Fsp3) is 0.486. The molecule has 0 amide bonds. The van der Waals surface area contributed by atoms with E-state index in [1.165, 1.54) is 52.0 Å². The largest absolute Gasteiger partial charge is 0.508 e. The lowest BCUT2D eigenvalue weighted by atomic mass is 10.0. The van der Waals surface area contributed by atoms with Crippen molar-refractivity contribution in [2.75, 3.05) is 0 Å². The van der Waals surface area contributed by atoms with Gasteiger partial charge in [0.2, 0.25) is 0 Å². The van der Waals surface area contributed by atoms with Crippen LogP contribution in [0.3, 0.4) is 0 Å². The third kappa shape index (κ3) is 16.8. The third-order valence-corrected chi connectivity index (χ3v) is 7.21. The van der Waals surface area contributed by atoms with E-state index in [0.29, 0.717) is 12.0 Å².